The molecule has 6 heteroatoms. The van der Waals surface area contributed by atoms with Crippen molar-refractivity contribution in [2.45, 2.75) is 6.54 Å². The summed E-state index contributed by atoms with van der Waals surface area (Å²) in [4.78, 5) is 15.8. The van der Waals surface area contributed by atoms with Gasteiger partial charge in [-0.2, -0.15) is 5.10 Å². The number of hydrogen-bond acceptors (Lipinski definition) is 4. The molecule has 0 bridgehead atoms. The van der Waals surface area contributed by atoms with Crippen molar-refractivity contribution in [1.82, 2.24) is 14.8 Å². The van der Waals surface area contributed by atoms with Crippen LogP contribution in [0.5, 0.6) is 0 Å². The molecule has 1 N–H and O–H groups in total. The van der Waals surface area contributed by atoms with Crippen LogP contribution in [0.25, 0.3) is 0 Å². The van der Waals surface area contributed by atoms with Gasteiger partial charge >= 0.3 is 0 Å². The van der Waals surface area contributed by atoms with Crippen LogP contribution in [-0.2, 0) is 6.54 Å². The highest BCUT2D eigenvalue weighted by Crippen LogP contribution is 2.12. The zero-order chi connectivity index (χ0) is 13.8. The van der Waals surface area contributed by atoms with Crippen LogP contribution in [0, 0.1) is 0 Å². The molecule has 0 aliphatic carbocycles. The van der Waals surface area contributed by atoms with Crippen molar-refractivity contribution in [3.63, 3.8) is 0 Å². The molecule has 20 heavy (non-hydrogen) atoms. The number of carbonyl (C=O) groups is 1. The number of aromatic nitrogens is 3. The SMILES string of the molecule is O=C(Nc1ccc(Cn2cccn2)cc1)c1cscn1. The van der Waals surface area contributed by atoms with E-state index >= 15 is 0 Å². The van der Waals surface area contributed by atoms with Gasteiger partial charge in [0, 0.05) is 23.5 Å². The first kappa shape index (κ1) is 12.6. The highest BCUT2D eigenvalue weighted by Gasteiger charge is 2.07. The number of anilines is 1. The maximum Gasteiger partial charge on any atom is 0.275 e. The Kier molecular flexibility index (Phi) is 3.56. The molecule has 0 radical (unpaired) electrons. The summed E-state index contributed by atoms with van der Waals surface area (Å²) >= 11 is 1.40. The van der Waals surface area contributed by atoms with Crippen molar-refractivity contribution >= 4 is 22.9 Å². The van der Waals surface area contributed by atoms with E-state index in [4.69, 9.17) is 0 Å². The molecule has 100 valence electrons. The van der Waals surface area contributed by atoms with E-state index in [0.717, 1.165) is 11.3 Å². The smallest absolute Gasteiger partial charge is 0.275 e. The average molecular weight is 284 g/mol. The number of hydrogen-bond donors (Lipinski definition) is 1. The third-order valence-electron chi connectivity index (χ3n) is 2.78. The topological polar surface area (TPSA) is 59.8 Å². The number of benzene rings is 1. The number of carbonyl (C=O) groups excluding carboxylic acids is 1. The summed E-state index contributed by atoms with van der Waals surface area (Å²) in [5, 5.41) is 8.69. The Labute approximate surface area is 119 Å². The van der Waals surface area contributed by atoms with E-state index in [0.29, 0.717) is 12.2 Å². The fraction of sp³-hybridized carbons (Fsp3) is 0.0714. The van der Waals surface area contributed by atoms with Crippen LogP contribution in [0.15, 0.2) is 53.6 Å². The fourth-order valence-corrected chi connectivity index (χ4v) is 2.33. The van der Waals surface area contributed by atoms with Crippen LogP contribution in [0.2, 0.25) is 0 Å². The Morgan fingerprint density at radius 3 is 2.80 bits per heavy atom. The predicted octanol–water partition coefficient (Wildman–Crippen LogP) is 2.64. The van der Waals surface area contributed by atoms with E-state index in [1.54, 1.807) is 17.1 Å². The number of nitrogens with zero attached hydrogens (tertiary/aromatic N) is 3. The van der Waals surface area contributed by atoms with Crippen LogP contribution in [0.1, 0.15) is 16.1 Å². The summed E-state index contributed by atoms with van der Waals surface area (Å²) in [6.07, 6.45) is 3.67. The number of amides is 1. The number of nitrogens with one attached hydrogen (secondary N) is 1. The van der Waals surface area contributed by atoms with Gasteiger partial charge in [-0.1, -0.05) is 12.1 Å². The standard InChI is InChI=1S/C14H12N4OS/c19-14(13-9-20-10-15-13)17-12-4-2-11(3-5-12)8-18-7-1-6-16-18/h1-7,9-10H,8H2,(H,17,19). The molecule has 0 saturated heterocycles. The monoisotopic (exact) mass is 284 g/mol. The molecule has 3 rings (SSSR count). The maximum atomic E-state index is 11.8. The molecule has 5 nitrogen and oxygen atoms in total. The Balaban J connectivity index is 1.65. The molecular weight excluding hydrogens is 272 g/mol. The summed E-state index contributed by atoms with van der Waals surface area (Å²) in [7, 11) is 0. The minimum Gasteiger partial charge on any atom is -0.321 e. The van der Waals surface area contributed by atoms with Crippen molar-refractivity contribution in [1.29, 1.82) is 0 Å². The molecule has 0 spiro atoms. The predicted molar refractivity (Wildman–Crippen MR) is 77.8 cm³/mol. The van der Waals surface area contributed by atoms with Crippen molar-refractivity contribution in [3.05, 3.63) is 64.9 Å². The summed E-state index contributed by atoms with van der Waals surface area (Å²) in [6.45, 7) is 0.716. The van der Waals surface area contributed by atoms with Gasteiger partial charge in [0.05, 0.1) is 12.1 Å². The highest BCUT2D eigenvalue weighted by atomic mass is 32.1. The summed E-state index contributed by atoms with van der Waals surface area (Å²) in [5.74, 6) is -0.189. The molecule has 0 unspecified atom stereocenters. The van der Waals surface area contributed by atoms with E-state index in [9.17, 15) is 4.79 Å². The quantitative estimate of drug-likeness (QED) is 0.801. The molecule has 0 atom stereocenters. The number of rotatable bonds is 4. The van der Waals surface area contributed by atoms with Gasteiger partial charge in [-0.15, -0.1) is 11.3 Å². The molecule has 2 aromatic heterocycles. The molecule has 3 aromatic rings. The van der Waals surface area contributed by atoms with Crippen LogP contribution in [0.3, 0.4) is 0 Å². The van der Waals surface area contributed by atoms with Gasteiger partial charge in [-0.3, -0.25) is 9.48 Å². The molecule has 1 aromatic carbocycles. The molecule has 0 aliphatic heterocycles. The Morgan fingerprint density at radius 1 is 1.30 bits per heavy atom. The molecule has 0 saturated carbocycles. The normalized spacial score (nSPS) is 10.4. The third-order valence-corrected chi connectivity index (χ3v) is 3.37. The lowest BCUT2D eigenvalue weighted by molar-refractivity contribution is 0.102. The van der Waals surface area contributed by atoms with Crippen molar-refractivity contribution in [3.8, 4) is 0 Å². The average Bonchev–Trinajstić information content (AvgIpc) is 3.13. The Bertz CT molecular complexity index is 675. The first-order chi connectivity index (χ1) is 9.81. The van der Waals surface area contributed by atoms with Crippen LogP contribution in [-0.4, -0.2) is 20.7 Å². The summed E-state index contributed by atoms with van der Waals surface area (Å²) in [6, 6.07) is 9.59. The third kappa shape index (κ3) is 2.92. The number of thiazole rings is 1. The molecule has 0 fully saturated rings. The lowest BCUT2D eigenvalue weighted by Gasteiger charge is -2.05. The molecule has 0 aliphatic rings. The summed E-state index contributed by atoms with van der Waals surface area (Å²) < 4.78 is 1.85. The van der Waals surface area contributed by atoms with E-state index in [2.05, 4.69) is 15.4 Å². The van der Waals surface area contributed by atoms with Gasteiger partial charge in [0.2, 0.25) is 0 Å². The lowest BCUT2D eigenvalue weighted by Crippen LogP contribution is -2.12. The molecule has 1 amide bonds. The maximum absolute atomic E-state index is 11.8. The van der Waals surface area contributed by atoms with Crippen LogP contribution >= 0.6 is 11.3 Å². The zero-order valence-corrected chi connectivity index (χ0v) is 11.4. The van der Waals surface area contributed by atoms with Gasteiger partial charge < -0.3 is 5.32 Å². The second kappa shape index (κ2) is 5.66. The van der Waals surface area contributed by atoms with Crippen molar-refractivity contribution in [2.75, 3.05) is 5.32 Å². The largest absolute Gasteiger partial charge is 0.321 e. The van der Waals surface area contributed by atoms with E-state index in [1.165, 1.54) is 11.3 Å². The van der Waals surface area contributed by atoms with E-state index in [1.807, 2.05) is 41.2 Å². The lowest BCUT2D eigenvalue weighted by atomic mass is 10.2. The minimum atomic E-state index is -0.189. The second-order valence-corrected chi connectivity index (χ2v) is 4.95. The van der Waals surface area contributed by atoms with Crippen molar-refractivity contribution in [2.24, 2.45) is 0 Å². The molecule has 2 heterocycles. The van der Waals surface area contributed by atoms with Gasteiger partial charge in [0.15, 0.2) is 0 Å². The van der Waals surface area contributed by atoms with Crippen molar-refractivity contribution < 1.29 is 4.79 Å². The Morgan fingerprint density at radius 2 is 2.15 bits per heavy atom. The summed E-state index contributed by atoms with van der Waals surface area (Å²) in [5.41, 5.74) is 3.96. The van der Waals surface area contributed by atoms with Gasteiger partial charge in [0.1, 0.15) is 5.69 Å². The minimum absolute atomic E-state index is 0.189. The van der Waals surface area contributed by atoms with Gasteiger partial charge in [-0.25, -0.2) is 4.98 Å². The zero-order valence-electron chi connectivity index (χ0n) is 10.6. The Hall–Kier alpha value is -2.47. The van der Waals surface area contributed by atoms with E-state index < -0.39 is 0 Å². The first-order valence-electron chi connectivity index (χ1n) is 6.07. The van der Waals surface area contributed by atoms with Crippen LogP contribution < -0.4 is 5.32 Å². The highest BCUT2D eigenvalue weighted by molar-refractivity contribution is 7.07. The fourth-order valence-electron chi connectivity index (χ4n) is 1.79. The second-order valence-electron chi connectivity index (χ2n) is 4.23. The van der Waals surface area contributed by atoms with Crippen LogP contribution in [0.4, 0.5) is 5.69 Å². The van der Waals surface area contributed by atoms with Gasteiger partial charge in [0.25, 0.3) is 5.91 Å². The van der Waals surface area contributed by atoms with Gasteiger partial charge in [-0.05, 0) is 23.8 Å². The molecular formula is C14H12N4OS. The van der Waals surface area contributed by atoms with E-state index in [-0.39, 0.29) is 5.91 Å². The first-order valence-corrected chi connectivity index (χ1v) is 7.01.